The topological polar surface area (TPSA) is 67.1 Å². The first kappa shape index (κ1) is 11.5. The molecule has 4 heteroatoms. The molecule has 0 atom stereocenters. The molecule has 1 amide bonds. The van der Waals surface area contributed by atoms with Crippen LogP contribution in [-0.4, -0.2) is 24.0 Å². The van der Waals surface area contributed by atoms with Crippen molar-refractivity contribution in [1.82, 2.24) is 5.32 Å². The predicted octanol–water partition coefficient (Wildman–Crippen LogP) is 1.48. The molecule has 2 aliphatic rings. The summed E-state index contributed by atoms with van der Waals surface area (Å²) in [5, 5.41) is 6.40. The highest BCUT2D eigenvalue weighted by atomic mass is 16.1. The van der Waals surface area contributed by atoms with Gasteiger partial charge in [-0.15, -0.1) is 0 Å². The van der Waals surface area contributed by atoms with Crippen molar-refractivity contribution in [2.24, 2.45) is 5.73 Å². The smallest absolute Gasteiger partial charge is 0.251 e. The summed E-state index contributed by atoms with van der Waals surface area (Å²) in [5.41, 5.74) is 7.54. The van der Waals surface area contributed by atoms with Gasteiger partial charge in [0.05, 0.1) is 0 Å². The van der Waals surface area contributed by atoms with Gasteiger partial charge in [0, 0.05) is 29.4 Å². The van der Waals surface area contributed by atoms with Crippen molar-refractivity contribution in [2.75, 3.05) is 5.32 Å². The van der Waals surface area contributed by atoms with Crippen molar-refractivity contribution in [1.29, 1.82) is 0 Å². The molecule has 3 rings (SSSR count). The van der Waals surface area contributed by atoms with Crippen LogP contribution >= 0.6 is 0 Å². The fourth-order valence-electron chi connectivity index (χ4n) is 2.23. The van der Waals surface area contributed by atoms with Crippen LogP contribution in [0.3, 0.4) is 0 Å². The zero-order chi connectivity index (χ0) is 12.5. The number of rotatable bonds is 4. The van der Waals surface area contributed by atoms with E-state index in [1.54, 1.807) is 0 Å². The van der Waals surface area contributed by atoms with E-state index in [0.29, 0.717) is 18.1 Å². The zero-order valence-electron chi connectivity index (χ0n) is 10.4. The van der Waals surface area contributed by atoms with E-state index in [1.807, 2.05) is 24.3 Å². The van der Waals surface area contributed by atoms with Gasteiger partial charge in [-0.05, 0) is 49.9 Å². The second-order valence-electron chi connectivity index (χ2n) is 5.40. The first-order chi connectivity index (χ1) is 8.70. The van der Waals surface area contributed by atoms with Crippen LogP contribution in [0.25, 0.3) is 0 Å². The Bertz CT molecular complexity index is 433. The van der Waals surface area contributed by atoms with Crippen molar-refractivity contribution in [2.45, 2.75) is 43.8 Å². The maximum atomic E-state index is 11.8. The van der Waals surface area contributed by atoms with Gasteiger partial charge in [-0.1, -0.05) is 0 Å². The molecule has 2 saturated carbocycles. The number of carbonyl (C=O) groups is 1. The summed E-state index contributed by atoms with van der Waals surface area (Å²) in [7, 11) is 0. The molecule has 0 aliphatic heterocycles. The lowest BCUT2D eigenvalue weighted by Gasteiger charge is -2.33. The minimum atomic E-state index is 0.0368. The van der Waals surface area contributed by atoms with E-state index in [-0.39, 0.29) is 5.91 Å². The van der Waals surface area contributed by atoms with Crippen LogP contribution in [0.15, 0.2) is 24.3 Å². The highest BCUT2D eigenvalue weighted by Gasteiger charge is 2.26. The second-order valence-corrected chi connectivity index (χ2v) is 5.40. The Balaban J connectivity index is 1.56. The maximum absolute atomic E-state index is 11.8. The van der Waals surface area contributed by atoms with Crippen molar-refractivity contribution in [3.8, 4) is 0 Å². The number of benzene rings is 1. The van der Waals surface area contributed by atoms with Gasteiger partial charge in [0.2, 0.25) is 0 Å². The lowest BCUT2D eigenvalue weighted by molar-refractivity contribution is 0.0951. The summed E-state index contributed by atoms with van der Waals surface area (Å²) in [6, 6.07) is 8.93. The fourth-order valence-corrected chi connectivity index (χ4v) is 2.23. The normalized spacial score (nSPS) is 26.3. The molecule has 18 heavy (non-hydrogen) atoms. The average molecular weight is 245 g/mol. The van der Waals surface area contributed by atoms with Gasteiger partial charge < -0.3 is 16.4 Å². The summed E-state index contributed by atoms with van der Waals surface area (Å²) >= 11 is 0. The Hall–Kier alpha value is -1.55. The van der Waals surface area contributed by atoms with Gasteiger partial charge in [-0.25, -0.2) is 0 Å². The molecule has 1 aromatic carbocycles. The second kappa shape index (κ2) is 4.61. The lowest BCUT2D eigenvalue weighted by atomic mass is 9.87. The highest BCUT2D eigenvalue weighted by Crippen LogP contribution is 2.23. The molecule has 0 bridgehead atoms. The molecular weight excluding hydrogens is 226 g/mol. The van der Waals surface area contributed by atoms with E-state index in [2.05, 4.69) is 10.6 Å². The largest absolute Gasteiger partial charge is 0.382 e. The summed E-state index contributed by atoms with van der Waals surface area (Å²) < 4.78 is 0. The molecule has 0 saturated heterocycles. The third-order valence-electron chi connectivity index (χ3n) is 3.60. The number of amides is 1. The molecule has 0 unspecified atom stereocenters. The molecule has 2 aliphatic carbocycles. The molecule has 2 fully saturated rings. The third kappa shape index (κ3) is 2.64. The minimum absolute atomic E-state index is 0.0368. The van der Waals surface area contributed by atoms with E-state index in [9.17, 15) is 4.79 Å². The van der Waals surface area contributed by atoms with Crippen LogP contribution in [0.5, 0.6) is 0 Å². The summed E-state index contributed by atoms with van der Waals surface area (Å²) in [4.78, 5) is 11.8. The summed E-state index contributed by atoms with van der Waals surface area (Å²) in [6.07, 6.45) is 4.30. The van der Waals surface area contributed by atoms with Crippen LogP contribution < -0.4 is 16.4 Å². The summed E-state index contributed by atoms with van der Waals surface area (Å²) in [5.74, 6) is 0.0368. The van der Waals surface area contributed by atoms with E-state index >= 15 is 0 Å². The molecule has 0 aromatic heterocycles. The Morgan fingerprint density at radius 3 is 2.33 bits per heavy atom. The van der Waals surface area contributed by atoms with Crippen LogP contribution in [0.4, 0.5) is 5.69 Å². The van der Waals surface area contributed by atoms with E-state index in [0.717, 1.165) is 36.9 Å². The Labute approximate surface area is 107 Å². The lowest BCUT2D eigenvalue weighted by Crippen LogP contribution is -2.44. The quantitative estimate of drug-likeness (QED) is 0.752. The number of anilines is 1. The average Bonchev–Trinajstić information content (AvgIpc) is 3.12. The van der Waals surface area contributed by atoms with Crippen molar-refractivity contribution < 1.29 is 4.79 Å². The molecule has 96 valence electrons. The fraction of sp³-hybridized carbons (Fsp3) is 0.500. The van der Waals surface area contributed by atoms with Crippen LogP contribution in [-0.2, 0) is 0 Å². The molecule has 0 heterocycles. The van der Waals surface area contributed by atoms with Gasteiger partial charge in [-0.2, -0.15) is 0 Å². The molecule has 4 nitrogen and oxygen atoms in total. The van der Waals surface area contributed by atoms with Gasteiger partial charge >= 0.3 is 0 Å². The van der Waals surface area contributed by atoms with Crippen molar-refractivity contribution >= 4 is 11.6 Å². The number of nitrogens with two attached hydrogens (primary N) is 1. The maximum Gasteiger partial charge on any atom is 0.251 e. The molecule has 0 radical (unpaired) electrons. The Morgan fingerprint density at radius 1 is 1.11 bits per heavy atom. The number of carbonyl (C=O) groups excluding carboxylic acids is 1. The Morgan fingerprint density at radius 2 is 1.78 bits per heavy atom. The molecule has 4 N–H and O–H groups in total. The van der Waals surface area contributed by atoms with Crippen molar-refractivity contribution in [3.63, 3.8) is 0 Å². The van der Waals surface area contributed by atoms with Gasteiger partial charge in [-0.3, -0.25) is 4.79 Å². The molecule has 1 aromatic rings. The number of hydrogen-bond acceptors (Lipinski definition) is 3. The summed E-state index contributed by atoms with van der Waals surface area (Å²) in [6.45, 7) is 0. The predicted molar refractivity (Wildman–Crippen MR) is 71.6 cm³/mol. The van der Waals surface area contributed by atoms with Crippen LogP contribution in [0.2, 0.25) is 0 Å². The van der Waals surface area contributed by atoms with E-state index in [4.69, 9.17) is 5.73 Å². The van der Waals surface area contributed by atoms with Crippen LogP contribution in [0.1, 0.15) is 36.0 Å². The zero-order valence-corrected chi connectivity index (χ0v) is 10.4. The van der Waals surface area contributed by atoms with E-state index < -0.39 is 0 Å². The van der Waals surface area contributed by atoms with Gasteiger partial charge in [0.15, 0.2) is 0 Å². The molecular formula is C14H19N3O. The Kier molecular flexibility index (Phi) is 2.96. The third-order valence-corrected chi connectivity index (χ3v) is 3.60. The van der Waals surface area contributed by atoms with Crippen LogP contribution in [0, 0.1) is 0 Å². The monoisotopic (exact) mass is 245 g/mol. The number of hydrogen-bond donors (Lipinski definition) is 3. The first-order valence-electron chi connectivity index (χ1n) is 6.64. The molecule has 0 spiro atoms. The van der Waals surface area contributed by atoms with Gasteiger partial charge in [0.1, 0.15) is 0 Å². The number of nitrogens with one attached hydrogen (secondary N) is 2. The SMILES string of the molecule is NC1CC(Nc2ccc(C(=O)NC3CC3)cc2)C1. The highest BCUT2D eigenvalue weighted by molar-refractivity contribution is 5.94. The van der Waals surface area contributed by atoms with Crippen molar-refractivity contribution in [3.05, 3.63) is 29.8 Å². The van der Waals surface area contributed by atoms with E-state index in [1.165, 1.54) is 0 Å². The first-order valence-corrected chi connectivity index (χ1v) is 6.64. The van der Waals surface area contributed by atoms with Gasteiger partial charge in [0.25, 0.3) is 5.91 Å². The minimum Gasteiger partial charge on any atom is -0.382 e. The standard InChI is InChI=1S/C14H19N3O/c15-10-7-13(8-10)16-11-3-1-9(2-4-11)14(18)17-12-5-6-12/h1-4,10,12-13,16H,5-8,15H2,(H,17,18).